The first-order valence-electron chi connectivity index (χ1n) is 7.29. The van der Waals surface area contributed by atoms with Crippen molar-refractivity contribution in [3.8, 4) is 0 Å². The van der Waals surface area contributed by atoms with Gasteiger partial charge in [-0.25, -0.2) is 4.79 Å². The molecule has 0 amide bonds. The molecule has 1 atom stereocenters. The molecule has 1 aliphatic rings. The molecule has 2 rings (SSSR count). The SMILES string of the molecule is COCCOC(=O)C1=C(C)NC(=S)N[C@H]1/C=C/c1ccccc1. The Morgan fingerprint density at radius 1 is 1.30 bits per heavy atom. The number of hydrogen-bond acceptors (Lipinski definition) is 4. The van der Waals surface area contributed by atoms with Crippen molar-refractivity contribution in [2.75, 3.05) is 20.3 Å². The summed E-state index contributed by atoms with van der Waals surface area (Å²) in [4.78, 5) is 12.3. The third-order valence-electron chi connectivity index (χ3n) is 3.32. The van der Waals surface area contributed by atoms with Crippen LogP contribution < -0.4 is 10.6 Å². The van der Waals surface area contributed by atoms with Crippen LogP contribution in [0, 0.1) is 0 Å². The van der Waals surface area contributed by atoms with Gasteiger partial charge in [0.2, 0.25) is 0 Å². The molecular formula is C17H20N2O3S. The Morgan fingerprint density at radius 3 is 2.74 bits per heavy atom. The van der Waals surface area contributed by atoms with Crippen LogP contribution in [0.5, 0.6) is 0 Å². The predicted octanol–water partition coefficient (Wildman–Crippen LogP) is 2.01. The van der Waals surface area contributed by atoms with Crippen LogP contribution in [0.4, 0.5) is 0 Å². The van der Waals surface area contributed by atoms with E-state index in [1.54, 1.807) is 7.11 Å². The van der Waals surface area contributed by atoms with E-state index in [1.165, 1.54) is 0 Å². The molecule has 0 spiro atoms. The van der Waals surface area contributed by atoms with Crippen LogP contribution in [0.1, 0.15) is 12.5 Å². The van der Waals surface area contributed by atoms with Gasteiger partial charge in [-0.15, -0.1) is 0 Å². The molecular weight excluding hydrogens is 312 g/mol. The zero-order chi connectivity index (χ0) is 16.7. The van der Waals surface area contributed by atoms with Crippen LogP contribution in [0.25, 0.3) is 6.08 Å². The number of hydrogen-bond donors (Lipinski definition) is 2. The summed E-state index contributed by atoms with van der Waals surface area (Å²) in [5.41, 5.74) is 2.25. The first kappa shape index (κ1) is 17.2. The van der Waals surface area contributed by atoms with Crippen molar-refractivity contribution >= 4 is 29.4 Å². The molecule has 0 unspecified atom stereocenters. The number of esters is 1. The molecule has 0 fully saturated rings. The highest BCUT2D eigenvalue weighted by Gasteiger charge is 2.27. The molecule has 2 N–H and O–H groups in total. The van der Waals surface area contributed by atoms with E-state index in [1.807, 2.05) is 49.4 Å². The van der Waals surface area contributed by atoms with Gasteiger partial charge in [-0.3, -0.25) is 0 Å². The molecule has 0 saturated carbocycles. The number of rotatable bonds is 6. The number of methoxy groups -OCH3 is 1. The highest BCUT2D eigenvalue weighted by Crippen LogP contribution is 2.16. The molecule has 1 aromatic carbocycles. The summed E-state index contributed by atoms with van der Waals surface area (Å²) < 4.78 is 10.1. The van der Waals surface area contributed by atoms with Crippen molar-refractivity contribution in [2.24, 2.45) is 0 Å². The lowest BCUT2D eigenvalue weighted by Crippen LogP contribution is -2.49. The second-order valence-electron chi connectivity index (χ2n) is 5.01. The zero-order valence-corrected chi connectivity index (χ0v) is 14.0. The fraction of sp³-hybridized carbons (Fsp3) is 0.294. The molecule has 0 aliphatic carbocycles. The van der Waals surface area contributed by atoms with Crippen LogP contribution in [0.15, 0.2) is 47.7 Å². The summed E-state index contributed by atoms with van der Waals surface area (Å²) in [5, 5.41) is 6.53. The van der Waals surface area contributed by atoms with Gasteiger partial charge < -0.3 is 20.1 Å². The van der Waals surface area contributed by atoms with E-state index < -0.39 is 0 Å². The number of benzene rings is 1. The van der Waals surface area contributed by atoms with Gasteiger partial charge >= 0.3 is 5.97 Å². The van der Waals surface area contributed by atoms with Gasteiger partial charge in [0.1, 0.15) is 6.61 Å². The van der Waals surface area contributed by atoms with Crippen molar-refractivity contribution in [1.82, 2.24) is 10.6 Å². The maximum atomic E-state index is 12.3. The molecule has 0 aromatic heterocycles. The van der Waals surface area contributed by atoms with Crippen LogP contribution in [0.3, 0.4) is 0 Å². The van der Waals surface area contributed by atoms with Gasteiger partial charge in [0.25, 0.3) is 0 Å². The van der Waals surface area contributed by atoms with Gasteiger partial charge in [-0.05, 0) is 24.7 Å². The van der Waals surface area contributed by atoms with E-state index in [-0.39, 0.29) is 18.6 Å². The highest BCUT2D eigenvalue weighted by molar-refractivity contribution is 7.80. The summed E-state index contributed by atoms with van der Waals surface area (Å²) in [7, 11) is 1.56. The fourth-order valence-electron chi connectivity index (χ4n) is 2.21. The first-order valence-corrected chi connectivity index (χ1v) is 7.70. The van der Waals surface area contributed by atoms with Crippen LogP contribution >= 0.6 is 12.2 Å². The van der Waals surface area contributed by atoms with Crippen LogP contribution in [0.2, 0.25) is 0 Å². The Hall–Kier alpha value is -2.18. The smallest absolute Gasteiger partial charge is 0.338 e. The molecule has 122 valence electrons. The third kappa shape index (κ3) is 4.91. The Bertz CT molecular complexity index is 626. The van der Waals surface area contributed by atoms with E-state index in [4.69, 9.17) is 21.7 Å². The quantitative estimate of drug-likeness (QED) is 0.472. The maximum Gasteiger partial charge on any atom is 0.338 e. The minimum absolute atomic E-state index is 0.214. The topological polar surface area (TPSA) is 59.6 Å². The average molecular weight is 332 g/mol. The summed E-state index contributed by atoms with van der Waals surface area (Å²) in [6.45, 7) is 2.39. The summed E-state index contributed by atoms with van der Waals surface area (Å²) in [5.74, 6) is -0.384. The first-order chi connectivity index (χ1) is 11.1. The lowest BCUT2D eigenvalue weighted by atomic mass is 10.0. The summed E-state index contributed by atoms with van der Waals surface area (Å²) >= 11 is 5.17. The largest absolute Gasteiger partial charge is 0.460 e. The fourth-order valence-corrected chi connectivity index (χ4v) is 2.49. The molecule has 0 saturated heterocycles. The lowest BCUT2D eigenvalue weighted by Gasteiger charge is -2.27. The minimum atomic E-state index is -0.384. The van der Waals surface area contributed by atoms with Gasteiger partial charge in [-0.1, -0.05) is 42.5 Å². The Labute approximate surface area is 141 Å². The molecule has 5 nitrogen and oxygen atoms in total. The van der Waals surface area contributed by atoms with Gasteiger partial charge in [0.15, 0.2) is 5.11 Å². The monoisotopic (exact) mass is 332 g/mol. The maximum absolute atomic E-state index is 12.3. The van der Waals surface area contributed by atoms with Gasteiger partial charge in [0, 0.05) is 12.8 Å². The molecule has 1 aliphatic heterocycles. The van der Waals surface area contributed by atoms with Crippen molar-refractivity contribution in [1.29, 1.82) is 0 Å². The minimum Gasteiger partial charge on any atom is -0.460 e. The van der Waals surface area contributed by atoms with Crippen molar-refractivity contribution in [3.63, 3.8) is 0 Å². The van der Waals surface area contributed by atoms with E-state index in [2.05, 4.69) is 10.6 Å². The molecule has 0 radical (unpaired) electrons. The van der Waals surface area contributed by atoms with Crippen LogP contribution in [-0.2, 0) is 14.3 Å². The third-order valence-corrected chi connectivity index (χ3v) is 3.54. The van der Waals surface area contributed by atoms with Crippen molar-refractivity contribution in [3.05, 3.63) is 53.2 Å². The number of carbonyl (C=O) groups is 1. The number of ether oxygens (including phenoxy) is 2. The average Bonchev–Trinajstić information content (AvgIpc) is 2.53. The number of thiocarbonyl (C=S) groups is 1. The molecule has 1 heterocycles. The number of allylic oxidation sites excluding steroid dienone is 1. The standard InChI is InChI=1S/C17H20N2O3S/c1-12-15(16(20)22-11-10-21-2)14(19-17(23)18-12)9-8-13-6-4-3-5-7-13/h3-9,14H,10-11H2,1-2H3,(H2,18,19,23)/b9-8+/t14-/m0/s1. The van der Waals surface area contributed by atoms with E-state index in [9.17, 15) is 4.79 Å². The zero-order valence-electron chi connectivity index (χ0n) is 13.2. The second-order valence-corrected chi connectivity index (χ2v) is 5.42. The van der Waals surface area contributed by atoms with E-state index in [0.717, 1.165) is 5.56 Å². The predicted molar refractivity (Wildman–Crippen MR) is 93.7 cm³/mol. The Morgan fingerprint density at radius 2 is 2.04 bits per heavy atom. The number of nitrogens with one attached hydrogen (secondary N) is 2. The Kier molecular flexibility index (Phi) is 6.31. The Balaban J connectivity index is 2.17. The highest BCUT2D eigenvalue weighted by atomic mass is 32.1. The molecule has 1 aromatic rings. The normalized spacial score (nSPS) is 17.8. The van der Waals surface area contributed by atoms with E-state index >= 15 is 0 Å². The summed E-state index contributed by atoms with van der Waals surface area (Å²) in [6.07, 6.45) is 3.85. The second kappa shape index (κ2) is 8.45. The van der Waals surface area contributed by atoms with Gasteiger partial charge in [0.05, 0.1) is 18.2 Å². The van der Waals surface area contributed by atoms with Gasteiger partial charge in [-0.2, -0.15) is 0 Å². The lowest BCUT2D eigenvalue weighted by molar-refractivity contribution is -0.140. The number of carbonyl (C=O) groups excluding carboxylic acids is 1. The molecule has 0 bridgehead atoms. The van der Waals surface area contributed by atoms with Crippen molar-refractivity contribution in [2.45, 2.75) is 13.0 Å². The van der Waals surface area contributed by atoms with Crippen LogP contribution in [-0.4, -0.2) is 37.4 Å². The van der Waals surface area contributed by atoms with Crippen molar-refractivity contribution < 1.29 is 14.3 Å². The van der Waals surface area contributed by atoms with E-state index in [0.29, 0.717) is 23.0 Å². The molecule has 23 heavy (non-hydrogen) atoms. The summed E-state index contributed by atoms with van der Waals surface area (Å²) in [6, 6.07) is 9.52. The molecule has 6 heteroatoms.